The fraction of sp³-hybridized carbons (Fsp3) is 0.733. The number of likely N-dealkylation sites (tertiary alicyclic amines) is 2. The van der Waals surface area contributed by atoms with Gasteiger partial charge in [-0.15, -0.1) is 0 Å². The maximum atomic E-state index is 12.6. The molecule has 3 aliphatic rings. The van der Waals surface area contributed by atoms with Crippen LogP contribution in [0.1, 0.15) is 47.8 Å². The summed E-state index contributed by atoms with van der Waals surface area (Å²) >= 11 is 0. The first-order valence-corrected chi connectivity index (χ1v) is 7.68. The van der Waals surface area contributed by atoms with E-state index in [1.54, 1.807) is 0 Å². The van der Waals surface area contributed by atoms with Gasteiger partial charge >= 0.3 is 0 Å². The quantitative estimate of drug-likeness (QED) is 0.824. The van der Waals surface area contributed by atoms with Crippen molar-refractivity contribution in [2.75, 3.05) is 26.7 Å². The lowest BCUT2D eigenvalue weighted by atomic mass is 9.92. The zero-order valence-electron chi connectivity index (χ0n) is 11.9. The Labute approximate surface area is 118 Å². The minimum atomic E-state index is 0.0588. The number of nitrogens with zero attached hydrogens (tertiary/aromatic N) is 3. The zero-order chi connectivity index (χ0) is 13.7. The Hall–Kier alpha value is -1.36. The van der Waals surface area contributed by atoms with Gasteiger partial charge in [0.05, 0.1) is 0 Å². The molecule has 0 N–H and O–H groups in total. The fourth-order valence-electron chi connectivity index (χ4n) is 3.65. The molecule has 1 aliphatic carbocycles. The Morgan fingerprint density at radius 1 is 1.30 bits per heavy atom. The third kappa shape index (κ3) is 2.04. The number of hydrogen-bond donors (Lipinski definition) is 0. The van der Waals surface area contributed by atoms with Crippen LogP contribution in [0.3, 0.4) is 0 Å². The lowest BCUT2D eigenvalue weighted by Crippen LogP contribution is -2.48. The molecule has 3 heterocycles. The molecular formula is C15H21N3O2. The van der Waals surface area contributed by atoms with Crippen molar-refractivity contribution in [3.8, 4) is 0 Å². The van der Waals surface area contributed by atoms with Crippen LogP contribution in [0, 0.1) is 5.92 Å². The van der Waals surface area contributed by atoms with Crippen LogP contribution >= 0.6 is 0 Å². The summed E-state index contributed by atoms with van der Waals surface area (Å²) in [7, 11) is 2.14. The van der Waals surface area contributed by atoms with Gasteiger partial charge < -0.3 is 14.3 Å². The van der Waals surface area contributed by atoms with Crippen molar-refractivity contribution >= 4 is 5.91 Å². The summed E-state index contributed by atoms with van der Waals surface area (Å²) in [5, 5.41) is 4.00. The maximum Gasteiger partial charge on any atom is 0.276 e. The number of carbonyl (C=O) groups is 1. The van der Waals surface area contributed by atoms with E-state index in [1.807, 2.05) is 11.0 Å². The lowest BCUT2D eigenvalue weighted by Gasteiger charge is -2.36. The molecule has 4 rings (SSSR count). The Balaban J connectivity index is 1.52. The highest BCUT2D eigenvalue weighted by Crippen LogP contribution is 2.40. The van der Waals surface area contributed by atoms with Crippen LogP contribution in [0.2, 0.25) is 0 Å². The Bertz CT molecular complexity index is 523. The highest BCUT2D eigenvalue weighted by atomic mass is 16.5. The summed E-state index contributed by atoms with van der Waals surface area (Å²) in [4.78, 5) is 17.0. The van der Waals surface area contributed by atoms with Crippen molar-refractivity contribution in [3.63, 3.8) is 0 Å². The summed E-state index contributed by atoms with van der Waals surface area (Å²) in [6.45, 7) is 3.01. The van der Waals surface area contributed by atoms with Gasteiger partial charge in [0.25, 0.3) is 5.91 Å². The number of rotatable bonds is 2. The Kier molecular flexibility index (Phi) is 2.84. The standard InChI is InChI=1S/C15H21N3O2/c1-17-6-4-10-5-7-18(13(10)9-17)15(19)12-8-14(20-16-12)11-2-3-11/h8,10-11,13H,2-7,9H2,1H3/t10-,13-/m1/s1. The van der Waals surface area contributed by atoms with Crippen molar-refractivity contribution in [2.45, 2.75) is 37.6 Å². The van der Waals surface area contributed by atoms with Gasteiger partial charge in [0.15, 0.2) is 5.69 Å². The van der Waals surface area contributed by atoms with E-state index in [0.29, 0.717) is 23.6 Å². The normalized spacial score (nSPS) is 30.6. The average Bonchev–Trinajstić information content (AvgIpc) is 3.03. The molecule has 0 bridgehead atoms. The molecule has 108 valence electrons. The third-order valence-corrected chi connectivity index (χ3v) is 5.05. The molecule has 0 radical (unpaired) electrons. The van der Waals surface area contributed by atoms with Crippen LogP contribution in [0.4, 0.5) is 0 Å². The molecule has 1 amide bonds. The van der Waals surface area contributed by atoms with Gasteiger partial charge in [-0.25, -0.2) is 0 Å². The van der Waals surface area contributed by atoms with E-state index in [0.717, 1.165) is 31.8 Å². The molecule has 2 atom stereocenters. The first kappa shape index (κ1) is 12.4. The van der Waals surface area contributed by atoms with Crippen molar-refractivity contribution < 1.29 is 9.32 Å². The molecular weight excluding hydrogens is 254 g/mol. The van der Waals surface area contributed by atoms with Crippen LogP contribution in [0.25, 0.3) is 0 Å². The van der Waals surface area contributed by atoms with Crippen LogP contribution in [-0.4, -0.2) is 53.6 Å². The summed E-state index contributed by atoms with van der Waals surface area (Å²) in [5.74, 6) is 2.13. The molecule has 2 aliphatic heterocycles. The number of carbonyl (C=O) groups excluding carboxylic acids is 1. The van der Waals surface area contributed by atoms with Crippen LogP contribution in [0.5, 0.6) is 0 Å². The van der Waals surface area contributed by atoms with Gasteiger partial charge in [0, 0.05) is 31.1 Å². The van der Waals surface area contributed by atoms with Crippen LogP contribution < -0.4 is 0 Å². The average molecular weight is 275 g/mol. The number of hydrogen-bond acceptors (Lipinski definition) is 4. The van der Waals surface area contributed by atoms with E-state index in [2.05, 4.69) is 17.1 Å². The summed E-state index contributed by atoms with van der Waals surface area (Å²) in [6, 6.07) is 2.22. The summed E-state index contributed by atoms with van der Waals surface area (Å²) in [6.07, 6.45) is 4.68. The number of likely N-dealkylation sites (N-methyl/N-ethyl adjacent to an activating group) is 1. The van der Waals surface area contributed by atoms with E-state index in [1.165, 1.54) is 19.3 Å². The monoisotopic (exact) mass is 275 g/mol. The minimum absolute atomic E-state index is 0.0588. The fourth-order valence-corrected chi connectivity index (χ4v) is 3.65. The maximum absolute atomic E-state index is 12.6. The molecule has 2 saturated heterocycles. The molecule has 1 aromatic rings. The second-order valence-corrected chi connectivity index (χ2v) is 6.55. The molecule has 1 saturated carbocycles. The summed E-state index contributed by atoms with van der Waals surface area (Å²) in [5.41, 5.74) is 0.501. The topological polar surface area (TPSA) is 49.6 Å². The Morgan fingerprint density at radius 2 is 2.10 bits per heavy atom. The van der Waals surface area contributed by atoms with Crippen molar-refractivity contribution in [3.05, 3.63) is 17.5 Å². The first-order chi connectivity index (χ1) is 9.72. The van der Waals surface area contributed by atoms with Gasteiger partial charge in [0.1, 0.15) is 5.76 Å². The minimum Gasteiger partial charge on any atom is -0.360 e. The largest absolute Gasteiger partial charge is 0.360 e. The zero-order valence-corrected chi connectivity index (χ0v) is 11.9. The number of aromatic nitrogens is 1. The van der Waals surface area contributed by atoms with Crippen LogP contribution in [-0.2, 0) is 0 Å². The van der Waals surface area contributed by atoms with Gasteiger partial charge in [0.2, 0.25) is 0 Å². The van der Waals surface area contributed by atoms with E-state index >= 15 is 0 Å². The van der Waals surface area contributed by atoms with Crippen molar-refractivity contribution in [2.24, 2.45) is 5.92 Å². The smallest absolute Gasteiger partial charge is 0.276 e. The Morgan fingerprint density at radius 3 is 2.90 bits per heavy atom. The van der Waals surface area contributed by atoms with Crippen molar-refractivity contribution in [1.29, 1.82) is 0 Å². The van der Waals surface area contributed by atoms with Crippen LogP contribution in [0.15, 0.2) is 10.6 Å². The lowest BCUT2D eigenvalue weighted by molar-refractivity contribution is 0.0621. The summed E-state index contributed by atoms with van der Waals surface area (Å²) < 4.78 is 5.32. The van der Waals surface area contributed by atoms with E-state index < -0.39 is 0 Å². The SMILES string of the molecule is CN1CC[C@@H]2CCN(C(=O)c3cc(C4CC4)on3)[C@@H]2C1. The van der Waals surface area contributed by atoms with E-state index in [-0.39, 0.29) is 5.91 Å². The number of piperidine rings is 1. The number of fused-ring (bicyclic) bond motifs is 1. The molecule has 0 spiro atoms. The number of amides is 1. The molecule has 1 aromatic heterocycles. The molecule has 20 heavy (non-hydrogen) atoms. The van der Waals surface area contributed by atoms with E-state index in [4.69, 9.17) is 4.52 Å². The van der Waals surface area contributed by atoms with Gasteiger partial charge in [-0.2, -0.15) is 0 Å². The molecule has 0 unspecified atom stereocenters. The third-order valence-electron chi connectivity index (χ3n) is 5.05. The predicted octanol–water partition coefficient (Wildman–Crippen LogP) is 1.72. The van der Waals surface area contributed by atoms with Gasteiger partial charge in [-0.3, -0.25) is 4.79 Å². The molecule has 5 nitrogen and oxygen atoms in total. The molecule has 0 aromatic carbocycles. The molecule has 5 heteroatoms. The van der Waals surface area contributed by atoms with Gasteiger partial charge in [-0.05, 0) is 45.2 Å². The first-order valence-electron chi connectivity index (χ1n) is 7.68. The highest BCUT2D eigenvalue weighted by Gasteiger charge is 2.41. The highest BCUT2D eigenvalue weighted by molar-refractivity contribution is 5.92. The van der Waals surface area contributed by atoms with Gasteiger partial charge in [-0.1, -0.05) is 5.16 Å². The second-order valence-electron chi connectivity index (χ2n) is 6.55. The van der Waals surface area contributed by atoms with Crippen molar-refractivity contribution in [1.82, 2.24) is 15.0 Å². The van der Waals surface area contributed by atoms with E-state index in [9.17, 15) is 4.79 Å². The second kappa shape index (κ2) is 4.58. The molecule has 3 fully saturated rings. The predicted molar refractivity (Wildman–Crippen MR) is 73.5 cm³/mol.